The Balaban J connectivity index is 2.00. The predicted molar refractivity (Wildman–Crippen MR) is 74.7 cm³/mol. The lowest BCUT2D eigenvalue weighted by atomic mass is 9.77. The Morgan fingerprint density at radius 2 is 2.21 bits per heavy atom. The molecule has 0 radical (unpaired) electrons. The van der Waals surface area contributed by atoms with E-state index in [2.05, 4.69) is 39.4 Å². The number of hydrogen-bond donors (Lipinski definition) is 2. The molecule has 0 aliphatic carbocycles. The third-order valence-corrected chi connectivity index (χ3v) is 3.74. The Morgan fingerprint density at radius 1 is 1.42 bits per heavy atom. The van der Waals surface area contributed by atoms with Crippen LogP contribution in [0, 0.1) is 5.41 Å². The van der Waals surface area contributed by atoms with Crippen LogP contribution in [0.5, 0.6) is 6.01 Å². The van der Waals surface area contributed by atoms with Crippen LogP contribution in [0.1, 0.15) is 26.7 Å². The molecule has 19 heavy (non-hydrogen) atoms. The second kappa shape index (κ2) is 5.88. The lowest BCUT2D eigenvalue weighted by molar-refractivity contribution is 0.188. The lowest BCUT2D eigenvalue weighted by Gasteiger charge is -2.39. The Kier molecular flexibility index (Phi) is 4.42. The summed E-state index contributed by atoms with van der Waals surface area (Å²) in [6.07, 6.45) is 2.43. The number of anilines is 1. The minimum absolute atomic E-state index is 0.130. The number of hydrogen-bond acceptors (Lipinski definition) is 6. The molecule has 2 rings (SSSR count). The lowest BCUT2D eigenvalue weighted by Crippen LogP contribution is -2.50. The highest BCUT2D eigenvalue weighted by atomic mass is 35.5. The molecule has 0 aromatic carbocycles. The summed E-state index contributed by atoms with van der Waals surface area (Å²) in [4.78, 5) is 12.0. The summed E-state index contributed by atoms with van der Waals surface area (Å²) < 4.78 is 4.97. The molecule has 1 aromatic heterocycles. The Hall–Kier alpha value is -1.14. The number of aromatic nitrogens is 3. The second-order valence-corrected chi connectivity index (χ2v) is 5.73. The van der Waals surface area contributed by atoms with E-state index >= 15 is 0 Å². The number of ether oxygens (including phenoxy) is 1. The van der Waals surface area contributed by atoms with Gasteiger partial charge in [0, 0.05) is 12.6 Å². The Bertz CT molecular complexity index is 440. The fourth-order valence-electron chi connectivity index (χ4n) is 2.31. The third kappa shape index (κ3) is 3.67. The van der Waals surface area contributed by atoms with E-state index < -0.39 is 0 Å². The van der Waals surface area contributed by atoms with Crippen LogP contribution in [0.15, 0.2) is 0 Å². The van der Waals surface area contributed by atoms with Crippen LogP contribution in [0.2, 0.25) is 5.28 Å². The first-order valence-electron chi connectivity index (χ1n) is 6.44. The van der Waals surface area contributed by atoms with E-state index in [1.807, 2.05) is 0 Å². The van der Waals surface area contributed by atoms with Gasteiger partial charge in [-0.1, -0.05) is 13.8 Å². The molecule has 0 spiro atoms. The van der Waals surface area contributed by atoms with Crippen LogP contribution in [0.4, 0.5) is 5.95 Å². The number of nitrogens with zero attached hydrogens (tertiary/aromatic N) is 3. The van der Waals surface area contributed by atoms with Crippen LogP contribution in [0.25, 0.3) is 0 Å². The molecule has 0 bridgehead atoms. The maximum atomic E-state index is 5.81. The molecule has 1 aliphatic heterocycles. The van der Waals surface area contributed by atoms with Crippen LogP contribution in [-0.4, -0.2) is 41.2 Å². The zero-order valence-electron chi connectivity index (χ0n) is 11.5. The van der Waals surface area contributed by atoms with E-state index in [1.165, 1.54) is 20.0 Å². The predicted octanol–water partition coefficient (Wildman–Crippen LogP) is 1.72. The van der Waals surface area contributed by atoms with Crippen molar-refractivity contribution >= 4 is 17.5 Å². The highest BCUT2D eigenvalue weighted by Gasteiger charge is 2.31. The molecule has 6 nitrogen and oxygen atoms in total. The van der Waals surface area contributed by atoms with Crippen LogP contribution in [-0.2, 0) is 0 Å². The van der Waals surface area contributed by atoms with Gasteiger partial charge in [0.15, 0.2) is 0 Å². The summed E-state index contributed by atoms with van der Waals surface area (Å²) in [6, 6.07) is 0.598. The van der Waals surface area contributed by atoms with E-state index in [1.54, 1.807) is 0 Å². The molecular weight excluding hydrogens is 266 g/mol. The number of nitrogens with one attached hydrogen (secondary N) is 2. The van der Waals surface area contributed by atoms with Gasteiger partial charge in [-0.2, -0.15) is 15.0 Å². The Morgan fingerprint density at radius 3 is 2.89 bits per heavy atom. The fraction of sp³-hybridized carbons (Fsp3) is 0.750. The van der Waals surface area contributed by atoms with Gasteiger partial charge in [-0.3, -0.25) is 0 Å². The van der Waals surface area contributed by atoms with E-state index in [0.29, 0.717) is 12.0 Å². The van der Waals surface area contributed by atoms with Gasteiger partial charge >= 0.3 is 6.01 Å². The number of halogens is 1. The molecule has 7 heteroatoms. The topological polar surface area (TPSA) is 72.0 Å². The fourth-order valence-corrected chi connectivity index (χ4v) is 2.47. The van der Waals surface area contributed by atoms with Gasteiger partial charge in [-0.15, -0.1) is 0 Å². The van der Waals surface area contributed by atoms with Crippen molar-refractivity contribution in [3.05, 3.63) is 5.28 Å². The largest absolute Gasteiger partial charge is 0.467 e. The maximum absolute atomic E-state index is 5.81. The van der Waals surface area contributed by atoms with Gasteiger partial charge in [0.25, 0.3) is 0 Å². The molecule has 1 aromatic rings. The Labute approximate surface area is 118 Å². The summed E-state index contributed by atoms with van der Waals surface area (Å²) in [5, 5.41) is 6.85. The van der Waals surface area contributed by atoms with Crippen molar-refractivity contribution in [3.63, 3.8) is 0 Å². The normalized spacial score (nSPS) is 22.0. The highest BCUT2D eigenvalue weighted by Crippen LogP contribution is 2.30. The van der Waals surface area contributed by atoms with Gasteiger partial charge in [-0.05, 0) is 36.4 Å². The van der Waals surface area contributed by atoms with Crippen molar-refractivity contribution in [2.24, 2.45) is 5.41 Å². The first kappa shape index (κ1) is 14.3. The first-order chi connectivity index (χ1) is 9.01. The number of methoxy groups -OCH3 is 1. The van der Waals surface area contributed by atoms with E-state index in [4.69, 9.17) is 16.3 Å². The summed E-state index contributed by atoms with van der Waals surface area (Å²) in [5.41, 5.74) is 0.256. The molecule has 2 heterocycles. The summed E-state index contributed by atoms with van der Waals surface area (Å²) >= 11 is 5.81. The average Bonchev–Trinajstić information content (AvgIpc) is 2.36. The van der Waals surface area contributed by atoms with Crippen molar-refractivity contribution < 1.29 is 4.74 Å². The van der Waals surface area contributed by atoms with E-state index in [9.17, 15) is 0 Å². The van der Waals surface area contributed by atoms with E-state index in [-0.39, 0.29) is 16.7 Å². The monoisotopic (exact) mass is 285 g/mol. The zero-order valence-corrected chi connectivity index (χ0v) is 12.3. The summed E-state index contributed by atoms with van der Waals surface area (Å²) in [6.45, 7) is 6.34. The zero-order chi connectivity index (χ0) is 13.9. The second-order valence-electron chi connectivity index (χ2n) is 5.39. The number of piperidine rings is 1. The van der Waals surface area contributed by atoms with Crippen LogP contribution < -0.4 is 15.4 Å². The molecule has 0 saturated carbocycles. The van der Waals surface area contributed by atoms with Crippen molar-refractivity contribution in [3.8, 4) is 6.01 Å². The highest BCUT2D eigenvalue weighted by molar-refractivity contribution is 6.28. The molecular formula is C12H20ClN5O. The van der Waals surface area contributed by atoms with Gasteiger partial charge < -0.3 is 15.4 Å². The molecule has 1 aliphatic rings. The van der Waals surface area contributed by atoms with Crippen molar-refractivity contribution in [2.45, 2.75) is 32.7 Å². The molecule has 1 atom stereocenters. The summed E-state index contributed by atoms with van der Waals surface area (Å²) in [5.74, 6) is 0.444. The third-order valence-electron chi connectivity index (χ3n) is 3.57. The smallest absolute Gasteiger partial charge is 0.322 e. The minimum atomic E-state index is 0.130. The standard InChI is InChI=1S/C12H20ClN5O/c1-12(2)5-4-6-14-8(12)7-15-10-16-9(13)17-11(18-10)19-3/h8,14H,4-7H2,1-3H3,(H,15,16,17,18). The maximum Gasteiger partial charge on any atom is 0.322 e. The van der Waals surface area contributed by atoms with E-state index in [0.717, 1.165) is 13.1 Å². The molecule has 1 unspecified atom stereocenters. The average molecular weight is 286 g/mol. The van der Waals surface area contributed by atoms with Crippen molar-refractivity contribution in [1.29, 1.82) is 0 Å². The molecule has 1 fully saturated rings. The van der Waals surface area contributed by atoms with Crippen LogP contribution >= 0.6 is 11.6 Å². The molecule has 2 N–H and O–H groups in total. The molecule has 106 valence electrons. The minimum Gasteiger partial charge on any atom is -0.467 e. The SMILES string of the molecule is COc1nc(Cl)nc(NCC2NCCCC2(C)C)n1. The molecule has 1 saturated heterocycles. The quantitative estimate of drug-likeness (QED) is 0.878. The van der Waals surface area contributed by atoms with Crippen LogP contribution in [0.3, 0.4) is 0 Å². The van der Waals surface area contributed by atoms with Crippen molar-refractivity contribution in [2.75, 3.05) is 25.5 Å². The van der Waals surface area contributed by atoms with Gasteiger partial charge in [-0.25, -0.2) is 0 Å². The van der Waals surface area contributed by atoms with Gasteiger partial charge in [0.1, 0.15) is 0 Å². The van der Waals surface area contributed by atoms with Gasteiger partial charge in [0.05, 0.1) is 7.11 Å². The first-order valence-corrected chi connectivity index (χ1v) is 6.82. The van der Waals surface area contributed by atoms with Gasteiger partial charge in [0.2, 0.25) is 11.2 Å². The summed E-state index contributed by atoms with van der Waals surface area (Å²) in [7, 11) is 1.50. The molecule has 0 amide bonds. The van der Waals surface area contributed by atoms with Crippen molar-refractivity contribution in [1.82, 2.24) is 20.3 Å². The number of rotatable bonds is 4.